The van der Waals surface area contributed by atoms with Crippen LogP contribution in [0.1, 0.15) is 19.8 Å². The lowest BCUT2D eigenvalue weighted by Gasteiger charge is -2.17. The van der Waals surface area contributed by atoms with Crippen LogP contribution >= 0.6 is 15.9 Å². The molecule has 0 bridgehead atoms. The molecule has 3 amide bonds. The van der Waals surface area contributed by atoms with Gasteiger partial charge in [0.2, 0.25) is 17.7 Å². The number of halogens is 1. The lowest BCUT2D eigenvalue weighted by molar-refractivity contribution is -0.153. The van der Waals surface area contributed by atoms with E-state index in [4.69, 9.17) is 5.11 Å². The van der Waals surface area contributed by atoms with Gasteiger partial charge in [0.15, 0.2) is 0 Å². The van der Waals surface area contributed by atoms with Gasteiger partial charge in [-0.05, 0) is 6.92 Å². The Morgan fingerprint density at radius 2 is 1.76 bits per heavy atom. The van der Waals surface area contributed by atoms with Crippen molar-refractivity contribution < 1.29 is 24.3 Å². The molecule has 0 spiro atoms. The molecule has 1 heterocycles. The third-order valence-electron chi connectivity index (χ3n) is 1.97. The molecule has 7 nitrogen and oxygen atoms in total. The highest BCUT2D eigenvalue weighted by atomic mass is 79.9. The number of hydrogen-bond donors (Lipinski definition) is 2. The van der Waals surface area contributed by atoms with Gasteiger partial charge in [-0.2, -0.15) is 0 Å². The number of carbonyl (C=O) groups is 4. The maximum Gasteiger partial charge on any atom is 0.326 e. The molecule has 1 fully saturated rings. The number of carbonyl (C=O) groups excluding carboxylic acids is 3. The fourth-order valence-corrected chi connectivity index (χ4v) is 1.14. The maximum absolute atomic E-state index is 11.0. The van der Waals surface area contributed by atoms with Crippen molar-refractivity contribution >= 4 is 39.6 Å². The van der Waals surface area contributed by atoms with Gasteiger partial charge in [-0.3, -0.25) is 19.3 Å². The van der Waals surface area contributed by atoms with E-state index in [0.717, 1.165) is 4.90 Å². The number of hydrogen-bond acceptors (Lipinski definition) is 4. The summed E-state index contributed by atoms with van der Waals surface area (Å²) in [5.74, 6) is -2.27. The molecule has 0 saturated carbocycles. The molecule has 0 aromatic rings. The third kappa shape index (κ3) is 4.94. The molecule has 1 rings (SSSR count). The number of imide groups is 1. The maximum atomic E-state index is 11.0. The van der Waals surface area contributed by atoms with Gasteiger partial charge in [0.1, 0.15) is 6.04 Å². The van der Waals surface area contributed by atoms with E-state index in [2.05, 4.69) is 21.7 Å². The average Bonchev–Trinajstić information content (AvgIpc) is 2.58. The number of primary amides is 1. The van der Waals surface area contributed by atoms with Gasteiger partial charge in [0, 0.05) is 12.8 Å². The van der Waals surface area contributed by atoms with Crippen LogP contribution in [0.3, 0.4) is 0 Å². The number of rotatable bonds is 3. The van der Waals surface area contributed by atoms with E-state index >= 15 is 0 Å². The van der Waals surface area contributed by atoms with E-state index in [9.17, 15) is 19.2 Å². The van der Waals surface area contributed by atoms with E-state index in [1.165, 1.54) is 6.92 Å². The van der Waals surface area contributed by atoms with E-state index < -0.39 is 23.8 Å². The van der Waals surface area contributed by atoms with Gasteiger partial charge < -0.3 is 10.8 Å². The summed E-state index contributed by atoms with van der Waals surface area (Å²) in [5, 5.41) is 8.79. The second-order valence-electron chi connectivity index (χ2n) is 3.27. The zero-order valence-electron chi connectivity index (χ0n) is 9.18. The first kappa shape index (κ1) is 15.6. The smallest absolute Gasteiger partial charge is 0.326 e. The predicted octanol–water partition coefficient (Wildman–Crippen LogP) is -0.525. The number of nitrogens with two attached hydrogens (primary N) is 1. The van der Waals surface area contributed by atoms with Gasteiger partial charge in [-0.25, -0.2) is 4.79 Å². The zero-order chi connectivity index (χ0) is 13.6. The topological polar surface area (TPSA) is 118 Å². The molecule has 1 saturated heterocycles. The van der Waals surface area contributed by atoms with E-state index in [1.54, 1.807) is 0 Å². The lowest BCUT2D eigenvalue weighted by atomic mass is 10.3. The molecular formula is C9H13BrN2O5. The largest absolute Gasteiger partial charge is 0.480 e. The summed E-state index contributed by atoms with van der Waals surface area (Å²) in [6.07, 6.45) is 0.271. The Balaban J connectivity index is 0.000000437. The standard InChI is InChI=1S/C7H9NO4.C2H4BrNO/c1-4(7(11)12)8-5(9)2-3-6(8)10;3-1-2(4)5/h4H,2-3H2,1H3,(H,11,12);1H2,(H2,4,5). The average molecular weight is 309 g/mol. The Morgan fingerprint density at radius 1 is 1.41 bits per heavy atom. The summed E-state index contributed by atoms with van der Waals surface area (Å²) in [6.45, 7) is 1.32. The van der Waals surface area contributed by atoms with Gasteiger partial charge >= 0.3 is 5.97 Å². The van der Waals surface area contributed by atoms with Crippen LogP contribution in [0.25, 0.3) is 0 Å². The summed E-state index contributed by atoms with van der Waals surface area (Å²) in [6, 6.07) is -1.03. The second-order valence-corrected chi connectivity index (χ2v) is 3.83. The predicted molar refractivity (Wildman–Crippen MR) is 61.2 cm³/mol. The summed E-state index contributed by atoms with van der Waals surface area (Å²) in [7, 11) is 0. The molecule has 8 heteroatoms. The molecule has 0 radical (unpaired) electrons. The fraction of sp³-hybridized carbons (Fsp3) is 0.556. The Hall–Kier alpha value is -1.44. The quantitative estimate of drug-likeness (QED) is 0.537. The number of carboxylic acid groups (broad SMARTS) is 1. The van der Waals surface area contributed by atoms with Gasteiger partial charge in [0.05, 0.1) is 5.33 Å². The van der Waals surface area contributed by atoms with Crippen LogP contribution in [0.2, 0.25) is 0 Å². The first-order valence-electron chi connectivity index (χ1n) is 4.73. The minimum atomic E-state index is -1.15. The number of nitrogens with zero attached hydrogens (tertiary/aromatic N) is 1. The molecule has 1 unspecified atom stereocenters. The van der Waals surface area contributed by atoms with Gasteiger partial charge in [-0.1, -0.05) is 15.9 Å². The molecule has 96 valence electrons. The highest BCUT2D eigenvalue weighted by molar-refractivity contribution is 9.09. The van der Waals surface area contributed by atoms with E-state index in [1.807, 2.05) is 0 Å². The Morgan fingerprint density at radius 3 is 2.00 bits per heavy atom. The van der Waals surface area contributed by atoms with Crippen LogP contribution in [0.4, 0.5) is 0 Å². The van der Waals surface area contributed by atoms with Crippen LogP contribution in [0.15, 0.2) is 0 Å². The molecule has 17 heavy (non-hydrogen) atoms. The fourth-order valence-electron chi connectivity index (χ4n) is 1.14. The van der Waals surface area contributed by atoms with Crippen molar-refractivity contribution in [2.45, 2.75) is 25.8 Å². The Kier molecular flexibility index (Phi) is 6.40. The highest BCUT2D eigenvalue weighted by Crippen LogP contribution is 2.14. The monoisotopic (exact) mass is 308 g/mol. The van der Waals surface area contributed by atoms with Crippen LogP contribution in [-0.4, -0.2) is 45.1 Å². The molecule has 0 aromatic carbocycles. The van der Waals surface area contributed by atoms with Crippen LogP contribution in [0.5, 0.6) is 0 Å². The number of likely N-dealkylation sites (tertiary alicyclic amines) is 1. The van der Waals surface area contributed by atoms with Gasteiger partial charge in [-0.15, -0.1) is 0 Å². The number of aliphatic carboxylic acids is 1. The van der Waals surface area contributed by atoms with Crippen molar-refractivity contribution in [3.63, 3.8) is 0 Å². The number of carboxylic acids is 1. The lowest BCUT2D eigenvalue weighted by Crippen LogP contribution is -2.42. The zero-order valence-corrected chi connectivity index (χ0v) is 10.8. The molecule has 1 aliphatic rings. The van der Waals surface area contributed by atoms with Gasteiger partial charge in [0.25, 0.3) is 0 Å². The highest BCUT2D eigenvalue weighted by Gasteiger charge is 2.35. The van der Waals surface area contributed by atoms with Crippen molar-refractivity contribution in [2.24, 2.45) is 5.73 Å². The summed E-state index contributed by atoms with van der Waals surface area (Å²) >= 11 is 2.84. The van der Waals surface area contributed by atoms with Crippen molar-refractivity contribution in [3.05, 3.63) is 0 Å². The summed E-state index contributed by atoms with van der Waals surface area (Å²) < 4.78 is 0. The van der Waals surface area contributed by atoms with E-state index in [-0.39, 0.29) is 24.1 Å². The minimum absolute atomic E-state index is 0.135. The third-order valence-corrected chi connectivity index (χ3v) is 2.52. The number of alkyl halides is 1. The van der Waals surface area contributed by atoms with Crippen LogP contribution in [-0.2, 0) is 19.2 Å². The van der Waals surface area contributed by atoms with Crippen molar-refractivity contribution in [3.8, 4) is 0 Å². The second kappa shape index (κ2) is 7.00. The number of amides is 3. The molecule has 1 aliphatic heterocycles. The molecule has 0 aromatic heterocycles. The van der Waals surface area contributed by atoms with Crippen molar-refractivity contribution in [2.75, 3.05) is 5.33 Å². The Labute approximate surface area is 106 Å². The van der Waals surface area contributed by atoms with Crippen molar-refractivity contribution in [1.29, 1.82) is 0 Å². The first-order valence-corrected chi connectivity index (χ1v) is 5.85. The van der Waals surface area contributed by atoms with Crippen molar-refractivity contribution in [1.82, 2.24) is 4.90 Å². The normalized spacial score (nSPS) is 16.2. The summed E-state index contributed by atoms with van der Waals surface area (Å²) in [5.41, 5.74) is 4.61. The van der Waals surface area contributed by atoms with Crippen LogP contribution < -0.4 is 5.73 Å². The Bertz CT molecular complexity index is 328. The molecular weight excluding hydrogens is 296 g/mol. The SMILES string of the molecule is CC(C(=O)O)N1C(=O)CCC1=O.NC(=O)CBr. The molecule has 1 atom stereocenters. The van der Waals surface area contributed by atoms with Crippen LogP contribution in [0, 0.1) is 0 Å². The summed E-state index contributed by atoms with van der Waals surface area (Å²) in [4.78, 5) is 42.7. The minimum Gasteiger partial charge on any atom is -0.480 e. The first-order chi connectivity index (χ1) is 7.81. The van der Waals surface area contributed by atoms with E-state index in [0.29, 0.717) is 0 Å². The molecule has 3 N–H and O–H groups in total. The molecule has 0 aliphatic carbocycles.